The first-order chi connectivity index (χ1) is 11.6. The number of nitrogens with zero attached hydrogens (tertiary/aromatic N) is 3. The Morgan fingerprint density at radius 2 is 1.75 bits per heavy atom. The number of nitro groups is 1. The highest BCUT2D eigenvalue weighted by Crippen LogP contribution is 2.28. The van der Waals surface area contributed by atoms with Crippen molar-refractivity contribution >= 4 is 17.3 Å². The Hall–Kier alpha value is -3.09. The van der Waals surface area contributed by atoms with Crippen molar-refractivity contribution in [1.82, 2.24) is 4.90 Å². The SMILES string of the molecule is O=C(c1cccc(O)c1)N1CCN(c2ccccc2[N+](=O)[O-])CC1. The van der Waals surface area contributed by atoms with Gasteiger partial charge in [0.2, 0.25) is 0 Å². The van der Waals surface area contributed by atoms with E-state index in [4.69, 9.17) is 0 Å². The molecule has 0 spiro atoms. The average Bonchev–Trinajstić information content (AvgIpc) is 2.61. The molecule has 7 nitrogen and oxygen atoms in total. The summed E-state index contributed by atoms with van der Waals surface area (Å²) in [5, 5.41) is 20.6. The lowest BCUT2D eigenvalue weighted by Gasteiger charge is -2.35. The number of piperazine rings is 1. The van der Waals surface area contributed by atoms with Crippen LogP contribution in [0.3, 0.4) is 0 Å². The molecule has 0 aliphatic carbocycles. The van der Waals surface area contributed by atoms with E-state index < -0.39 is 0 Å². The molecule has 0 bridgehead atoms. The number of para-hydroxylation sites is 2. The number of phenols is 1. The van der Waals surface area contributed by atoms with E-state index in [1.165, 1.54) is 18.2 Å². The van der Waals surface area contributed by atoms with Crippen LogP contribution in [0.1, 0.15) is 10.4 Å². The maximum absolute atomic E-state index is 12.5. The topological polar surface area (TPSA) is 86.9 Å². The lowest BCUT2D eigenvalue weighted by Crippen LogP contribution is -2.48. The summed E-state index contributed by atoms with van der Waals surface area (Å²) in [6.07, 6.45) is 0. The molecule has 1 aliphatic heterocycles. The zero-order chi connectivity index (χ0) is 17.1. The van der Waals surface area contributed by atoms with Gasteiger partial charge in [-0.15, -0.1) is 0 Å². The van der Waals surface area contributed by atoms with Gasteiger partial charge in [-0.3, -0.25) is 14.9 Å². The summed E-state index contributed by atoms with van der Waals surface area (Å²) in [7, 11) is 0. The standard InChI is InChI=1S/C17H17N3O4/c21-14-5-3-4-13(12-14)17(22)19-10-8-18(9-11-19)15-6-1-2-7-16(15)20(23)24/h1-7,12,21H,8-11H2. The van der Waals surface area contributed by atoms with Crippen molar-refractivity contribution in [1.29, 1.82) is 0 Å². The molecule has 2 aromatic carbocycles. The third kappa shape index (κ3) is 3.15. The van der Waals surface area contributed by atoms with Crippen LogP contribution in [0.15, 0.2) is 48.5 Å². The van der Waals surface area contributed by atoms with E-state index in [1.54, 1.807) is 35.2 Å². The molecule has 1 amide bonds. The van der Waals surface area contributed by atoms with Crippen LogP contribution in [0.2, 0.25) is 0 Å². The summed E-state index contributed by atoms with van der Waals surface area (Å²) in [5.74, 6) is -0.0903. The summed E-state index contributed by atoms with van der Waals surface area (Å²) in [4.78, 5) is 26.8. The minimum Gasteiger partial charge on any atom is -0.508 e. The van der Waals surface area contributed by atoms with Crippen LogP contribution in [0.4, 0.5) is 11.4 Å². The molecule has 1 N–H and O–H groups in total. The van der Waals surface area contributed by atoms with Crippen LogP contribution >= 0.6 is 0 Å². The van der Waals surface area contributed by atoms with Crippen LogP contribution in [-0.2, 0) is 0 Å². The summed E-state index contributed by atoms with van der Waals surface area (Å²) >= 11 is 0. The highest BCUT2D eigenvalue weighted by Gasteiger charge is 2.26. The number of aromatic hydroxyl groups is 1. The van der Waals surface area contributed by atoms with E-state index in [9.17, 15) is 20.0 Å². The van der Waals surface area contributed by atoms with Crippen molar-refractivity contribution in [3.05, 3.63) is 64.2 Å². The molecule has 1 heterocycles. The van der Waals surface area contributed by atoms with Gasteiger partial charge >= 0.3 is 0 Å². The zero-order valence-electron chi connectivity index (χ0n) is 13.0. The van der Waals surface area contributed by atoms with Gasteiger partial charge in [-0.25, -0.2) is 0 Å². The van der Waals surface area contributed by atoms with Gasteiger partial charge in [0, 0.05) is 37.8 Å². The van der Waals surface area contributed by atoms with Crippen molar-refractivity contribution in [2.24, 2.45) is 0 Å². The van der Waals surface area contributed by atoms with Crippen LogP contribution < -0.4 is 4.90 Å². The number of phenolic OH excluding ortho intramolecular Hbond substituents is 1. The first kappa shape index (κ1) is 15.8. The zero-order valence-corrected chi connectivity index (χ0v) is 13.0. The smallest absolute Gasteiger partial charge is 0.292 e. The fourth-order valence-electron chi connectivity index (χ4n) is 2.86. The van der Waals surface area contributed by atoms with Gasteiger partial charge in [0.1, 0.15) is 11.4 Å². The molecule has 2 aromatic rings. The Balaban J connectivity index is 1.70. The number of nitro benzene ring substituents is 1. The Kier molecular flexibility index (Phi) is 4.33. The largest absolute Gasteiger partial charge is 0.508 e. The fraction of sp³-hybridized carbons (Fsp3) is 0.235. The van der Waals surface area contributed by atoms with Crippen molar-refractivity contribution in [2.75, 3.05) is 31.1 Å². The summed E-state index contributed by atoms with van der Waals surface area (Å²) in [6.45, 7) is 1.99. The number of rotatable bonds is 3. The van der Waals surface area contributed by atoms with Gasteiger partial charge in [0.25, 0.3) is 11.6 Å². The molecule has 0 radical (unpaired) electrons. The Morgan fingerprint density at radius 1 is 1.04 bits per heavy atom. The van der Waals surface area contributed by atoms with Crippen molar-refractivity contribution < 1.29 is 14.8 Å². The van der Waals surface area contributed by atoms with E-state index in [2.05, 4.69) is 0 Å². The highest BCUT2D eigenvalue weighted by molar-refractivity contribution is 5.94. The first-order valence-corrected chi connectivity index (χ1v) is 7.63. The van der Waals surface area contributed by atoms with Gasteiger partial charge in [-0.05, 0) is 24.3 Å². The minimum atomic E-state index is -0.389. The molecule has 0 unspecified atom stereocenters. The van der Waals surface area contributed by atoms with E-state index in [0.717, 1.165) is 0 Å². The predicted octanol–water partition coefficient (Wildman–Crippen LogP) is 2.26. The second kappa shape index (κ2) is 6.57. The maximum atomic E-state index is 12.5. The quantitative estimate of drug-likeness (QED) is 0.690. The molecule has 7 heteroatoms. The van der Waals surface area contributed by atoms with Crippen molar-refractivity contribution in [3.8, 4) is 5.75 Å². The van der Waals surface area contributed by atoms with Crippen molar-refractivity contribution in [3.63, 3.8) is 0 Å². The van der Waals surface area contributed by atoms with E-state index >= 15 is 0 Å². The van der Waals surface area contributed by atoms with E-state index in [-0.39, 0.29) is 22.3 Å². The van der Waals surface area contributed by atoms with Gasteiger partial charge in [-0.2, -0.15) is 0 Å². The molecule has 3 rings (SSSR count). The van der Waals surface area contributed by atoms with Gasteiger partial charge in [0.05, 0.1) is 4.92 Å². The second-order valence-corrected chi connectivity index (χ2v) is 5.58. The molecule has 0 aromatic heterocycles. The molecule has 0 saturated carbocycles. The van der Waals surface area contributed by atoms with Gasteiger partial charge in [0.15, 0.2) is 0 Å². The first-order valence-electron chi connectivity index (χ1n) is 7.63. The Labute approximate surface area is 138 Å². The fourth-order valence-corrected chi connectivity index (χ4v) is 2.86. The summed E-state index contributed by atoms with van der Waals surface area (Å²) < 4.78 is 0. The summed E-state index contributed by atoms with van der Waals surface area (Å²) in [5.41, 5.74) is 1.09. The van der Waals surface area contributed by atoms with Crippen LogP contribution in [0.25, 0.3) is 0 Å². The number of hydrogen-bond acceptors (Lipinski definition) is 5. The number of anilines is 1. The average molecular weight is 327 g/mol. The highest BCUT2D eigenvalue weighted by atomic mass is 16.6. The number of hydrogen-bond donors (Lipinski definition) is 1. The molecular weight excluding hydrogens is 310 g/mol. The third-order valence-electron chi connectivity index (χ3n) is 4.08. The lowest BCUT2D eigenvalue weighted by molar-refractivity contribution is -0.384. The maximum Gasteiger partial charge on any atom is 0.292 e. The Bertz CT molecular complexity index is 770. The molecule has 24 heavy (non-hydrogen) atoms. The predicted molar refractivity (Wildman–Crippen MR) is 89.3 cm³/mol. The Morgan fingerprint density at radius 3 is 2.42 bits per heavy atom. The monoisotopic (exact) mass is 327 g/mol. The van der Waals surface area contributed by atoms with Crippen LogP contribution in [-0.4, -0.2) is 47.0 Å². The normalized spacial score (nSPS) is 14.5. The van der Waals surface area contributed by atoms with Crippen LogP contribution in [0, 0.1) is 10.1 Å². The van der Waals surface area contributed by atoms with Gasteiger partial charge < -0.3 is 14.9 Å². The molecule has 1 saturated heterocycles. The van der Waals surface area contributed by atoms with E-state index in [0.29, 0.717) is 37.4 Å². The molecule has 0 atom stereocenters. The number of carbonyl (C=O) groups excluding carboxylic acids is 1. The molecule has 124 valence electrons. The number of benzene rings is 2. The number of amides is 1. The molecule has 1 fully saturated rings. The summed E-state index contributed by atoms with van der Waals surface area (Å²) in [6, 6.07) is 12.9. The number of carbonyl (C=O) groups is 1. The lowest BCUT2D eigenvalue weighted by atomic mass is 10.1. The minimum absolute atomic E-state index is 0.0550. The van der Waals surface area contributed by atoms with E-state index in [1.807, 2.05) is 4.90 Å². The molecular formula is C17H17N3O4. The van der Waals surface area contributed by atoms with Crippen LogP contribution in [0.5, 0.6) is 5.75 Å². The van der Waals surface area contributed by atoms with Gasteiger partial charge in [-0.1, -0.05) is 18.2 Å². The van der Waals surface area contributed by atoms with Crippen molar-refractivity contribution in [2.45, 2.75) is 0 Å². The molecule has 1 aliphatic rings. The third-order valence-corrected chi connectivity index (χ3v) is 4.08. The second-order valence-electron chi connectivity index (χ2n) is 5.58.